The summed E-state index contributed by atoms with van der Waals surface area (Å²) in [7, 11) is 1.87. The van der Waals surface area contributed by atoms with Crippen molar-refractivity contribution in [3.8, 4) is 6.07 Å². The molecule has 2 rings (SSSR count). The molecule has 0 bridgehead atoms. The lowest BCUT2D eigenvalue weighted by Crippen LogP contribution is -2.54. The molecule has 1 heterocycles. The van der Waals surface area contributed by atoms with Crippen LogP contribution in [0.1, 0.15) is 25.7 Å². The van der Waals surface area contributed by atoms with E-state index in [4.69, 9.17) is 5.73 Å². The van der Waals surface area contributed by atoms with Gasteiger partial charge in [0.2, 0.25) is 5.91 Å². The summed E-state index contributed by atoms with van der Waals surface area (Å²) in [4.78, 5) is 13.4. The van der Waals surface area contributed by atoms with Gasteiger partial charge in [-0.25, -0.2) is 0 Å². The first kappa shape index (κ1) is 13.3. The van der Waals surface area contributed by atoms with Crippen molar-refractivity contribution in [1.82, 2.24) is 10.2 Å². The topological polar surface area (TPSA) is 82.2 Å². The summed E-state index contributed by atoms with van der Waals surface area (Å²) in [5, 5.41) is 12.7. The number of piperidine rings is 1. The minimum absolute atomic E-state index is 0.0215. The van der Waals surface area contributed by atoms with E-state index in [1.54, 1.807) is 0 Å². The van der Waals surface area contributed by atoms with Crippen molar-refractivity contribution >= 4 is 5.91 Å². The van der Waals surface area contributed by atoms with Gasteiger partial charge in [0.25, 0.3) is 0 Å². The highest BCUT2D eigenvalue weighted by molar-refractivity contribution is 5.76. The van der Waals surface area contributed by atoms with Gasteiger partial charge in [0.15, 0.2) is 0 Å². The largest absolute Gasteiger partial charge is 0.369 e. The molecular formula is C13H22N4O. The highest BCUT2D eigenvalue weighted by atomic mass is 16.1. The number of carbonyl (C=O) groups excluding carboxylic acids is 1. The lowest BCUT2D eigenvalue weighted by atomic mass is 9.91. The Morgan fingerprint density at radius 3 is 2.44 bits per heavy atom. The number of nitrogens with two attached hydrogens (primary N) is 1. The number of nitrogens with one attached hydrogen (secondary N) is 1. The molecule has 2 fully saturated rings. The molecule has 18 heavy (non-hydrogen) atoms. The molecule has 0 aromatic heterocycles. The molecule has 1 aliphatic carbocycles. The predicted octanol–water partition coefficient (Wildman–Crippen LogP) is 0.0755. The van der Waals surface area contributed by atoms with E-state index in [0.29, 0.717) is 5.92 Å². The second-order valence-corrected chi connectivity index (χ2v) is 5.56. The van der Waals surface area contributed by atoms with Gasteiger partial charge in [0.1, 0.15) is 5.54 Å². The number of nitriles is 1. The van der Waals surface area contributed by atoms with Crippen LogP contribution in [0.3, 0.4) is 0 Å². The molecule has 0 aromatic carbocycles. The van der Waals surface area contributed by atoms with Crippen molar-refractivity contribution in [2.45, 2.75) is 31.2 Å². The summed E-state index contributed by atoms with van der Waals surface area (Å²) >= 11 is 0. The van der Waals surface area contributed by atoms with E-state index in [9.17, 15) is 10.1 Å². The Morgan fingerprint density at radius 2 is 2.06 bits per heavy atom. The number of primary amides is 1. The first-order valence-corrected chi connectivity index (χ1v) is 6.73. The van der Waals surface area contributed by atoms with E-state index in [-0.39, 0.29) is 11.8 Å². The number of amides is 1. The first-order valence-electron chi connectivity index (χ1n) is 6.73. The van der Waals surface area contributed by atoms with Crippen LogP contribution in [0.25, 0.3) is 0 Å². The summed E-state index contributed by atoms with van der Waals surface area (Å²) < 4.78 is 0. The zero-order valence-electron chi connectivity index (χ0n) is 11.0. The predicted molar refractivity (Wildman–Crippen MR) is 68.5 cm³/mol. The third-order valence-electron chi connectivity index (χ3n) is 4.38. The molecule has 0 radical (unpaired) electrons. The zero-order chi connectivity index (χ0) is 13.2. The van der Waals surface area contributed by atoms with Crippen LogP contribution < -0.4 is 11.1 Å². The molecule has 100 valence electrons. The minimum atomic E-state index is -0.403. The maximum Gasteiger partial charge on any atom is 0.220 e. The second kappa shape index (κ2) is 5.25. The number of rotatable bonds is 5. The van der Waals surface area contributed by atoms with Crippen LogP contribution in [0, 0.1) is 23.2 Å². The van der Waals surface area contributed by atoms with Gasteiger partial charge in [0.05, 0.1) is 6.07 Å². The highest BCUT2D eigenvalue weighted by Crippen LogP contribution is 2.40. The zero-order valence-corrected chi connectivity index (χ0v) is 11.0. The molecule has 2 aliphatic rings. The molecule has 3 N–H and O–H groups in total. The van der Waals surface area contributed by atoms with E-state index in [1.165, 1.54) is 0 Å². The Morgan fingerprint density at radius 1 is 1.44 bits per heavy atom. The van der Waals surface area contributed by atoms with Gasteiger partial charge in [-0.1, -0.05) is 0 Å². The SMILES string of the molecule is CNC(C#N)(CN1CCC(C(N)=O)CC1)C1CC1. The fourth-order valence-electron chi connectivity index (χ4n) is 2.90. The van der Waals surface area contributed by atoms with Crippen LogP contribution in [0.2, 0.25) is 0 Å². The summed E-state index contributed by atoms with van der Waals surface area (Å²) in [5.74, 6) is 0.326. The molecular weight excluding hydrogens is 228 g/mol. The molecule has 1 aliphatic heterocycles. The average molecular weight is 250 g/mol. The van der Waals surface area contributed by atoms with Crippen molar-refractivity contribution in [2.24, 2.45) is 17.6 Å². The van der Waals surface area contributed by atoms with Gasteiger partial charge in [-0.05, 0) is 51.7 Å². The molecule has 0 aromatic rings. The smallest absolute Gasteiger partial charge is 0.220 e. The number of likely N-dealkylation sites (tertiary alicyclic amines) is 1. The van der Waals surface area contributed by atoms with E-state index < -0.39 is 5.54 Å². The van der Waals surface area contributed by atoms with E-state index in [2.05, 4.69) is 16.3 Å². The maximum absolute atomic E-state index is 11.1. The van der Waals surface area contributed by atoms with Gasteiger partial charge in [-0.15, -0.1) is 0 Å². The van der Waals surface area contributed by atoms with Crippen molar-refractivity contribution < 1.29 is 4.79 Å². The monoisotopic (exact) mass is 250 g/mol. The quantitative estimate of drug-likeness (QED) is 0.723. The Labute approximate surface area is 108 Å². The van der Waals surface area contributed by atoms with Crippen LogP contribution in [-0.4, -0.2) is 43.0 Å². The molecule has 1 saturated carbocycles. The van der Waals surface area contributed by atoms with Crippen LogP contribution in [0.15, 0.2) is 0 Å². The van der Waals surface area contributed by atoms with Crippen molar-refractivity contribution in [3.05, 3.63) is 0 Å². The fourth-order valence-corrected chi connectivity index (χ4v) is 2.90. The lowest BCUT2D eigenvalue weighted by Gasteiger charge is -2.37. The first-order chi connectivity index (χ1) is 8.61. The summed E-state index contributed by atoms with van der Waals surface area (Å²) in [6.07, 6.45) is 3.94. The van der Waals surface area contributed by atoms with Crippen molar-refractivity contribution in [2.75, 3.05) is 26.7 Å². The molecule has 1 amide bonds. The van der Waals surface area contributed by atoms with Crippen molar-refractivity contribution in [1.29, 1.82) is 5.26 Å². The van der Waals surface area contributed by atoms with Gasteiger partial charge in [-0.3, -0.25) is 4.79 Å². The maximum atomic E-state index is 11.1. The average Bonchev–Trinajstić information content (AvgIpc) is 3.21. The molecule has 5 nitrogen and oxygen atoms in total. The highest BCUT2D eigenvalue weighted by Gasteiger charge is 2.46. The fraction of sp³-hybridized carbons (Fsp3) is 0.846. The lowest BCUT2D eigenvalue weighted by molar-refractivity contribution is -0.123. The Kier molecular flexibility index (Phi) is 3.88. The van der Waals surface area contributed by atoms with Gasteiger partial charge >= 0.3 is 0 Å². The standard InChI is InChI=1S/C13H22N4O/c1-16-13(8-14,11-2-3-11)9-17-6-4-10(5-7-17)12(15)18/h10-11,16H,2-7,9H2,1H3,(H2,15,18). The molecule has 1 unspecified atom stereocenters. The van der Waals surface area contributed by atoms with E-state index >= 15 is 0 Å². The Balaban J connectivity index is 1.90. The van der Waals surface area contributed by atoms with Crippen molar-refractivity contribution in [3.63, 3.8) is 0 Å². The van der Waals surface area contributed by atoms with Crippen LogP contribution in [0.4, 0.5) is 0 Å². The Hall–Kier alpha value is -1.12. The summed E-state index contributed by atoms with van der Waals surface area (Å²) in [5.41, 5.74) is 4.93. The Bertz CT molecular complexity index is 352. The van der Waals surface area contributed by atoms with Crippen LogP contribution in [-0.2, 0) is 4.79 Å². The summed E-state index contributed by atoms with van der Waals surface area (Å²) in [6.45, 7) is 2.49. The van der Waals surface area contributed by atoms with Gasteiger partial charge in [0, 0.05) is 12.5 Å². The number of nitrogens with zero attached hydrogens (tertiary/aromatic N) is 2. The molecule has 5 heteroatoms. The van der Waals surface area contributed by atoms with Gasteiger partial charge < -0.3 is 16.0 Å². The number of carbonyl (C=O) groups is 1. The van der Waals surface area contributed by atoms with E-state index in [1.807, 2.05) is 7.05 Å². The summed E-state index contributed by atoms with van der Waals surface area (Å²) in [6, 6.07) is 2.46. The number of hydrogen-bond donors (Lipinski definition) is 2. The second-order valence-electron chi connectivity index (χ2n) is 5.56. The minimum Gasteiger partial charge on any atom is -0.369 e. The van der Waals surface area contributed by atoms with Crippen LogP contribution >= 0.6 is 0 Å². The molecule has 0 spiro atoms. The van der Waals surface area contributed by atoms with E-state index in [0.717, 1.165) is 45.3 Å². The normalized spacial score (nSPS) is 25.3. The third-order valence-corrected chi connectivity index (χ3v) is 4.38. The molecule has 1 atom stereocenters. The van der Waals surface area contributed by atoms with Gasteiger partial charge in [-0.2, -0.15) is 5.26 Å². The number of likely N-dealkylation sites (N-methyl/N-ethyl adjacent to an activating group) is 1. The number of hydrogen-bond acceptors (Lipinski definition) is 4. The molecule has 1 saturated heterocycles. The van der Waals surface area contributed by atoms with Crippen LogP contribution in [0.5, 0.6) is 0 Å². The third kappa shape index (κ3) is 2.65.